The van der Waals surface area contributed by atoms with Crippen LogP contribution in [0.1, 0.15) is 6.92 Å². The molecule has 152 valence electrons. The number of carbonyl (C=O) groups is 1. The number of sulfonamides is 1. The minimum absolute atomic E-state index is 0.0438. The van der Waals surface area contributed by atoms with Gasteiger partial charge in [-0.15, -0.1) is 10.2 Å². The summed E-state index contributed by atoms with van der Waals surface area (Å²) in [7, 11) is -2.10. The van der Waals surface area contributed by atoms with Gasteiger partial charge in [0.1, 0.15) is 5.82 Å². The van der Waals surface area contributed by atoms with Crippen molar-refractivity contribution in [1.82, 2.24) is 14.8 Å². The maximum absolute atomic E-state index is 14.0. The Morgan fingerprint density at radius 1 is 1.17 bits per heavy atom. The van der Waals surface area contributed by atoms with Crippen LogP contribution in [-0.4, -0.2) is 34.3 Å². The van der Waals surface area contributed by atoms with Crippen LogP contribution < -0.4 is 10.5 Å². The number of hydrogen-bond acceptors (Lipinski definition) is 6. The number of nitrogens with two attached hydrogens (primary N) is 1. The van der Waals surface area contributed by atoms with Crippen LogP contribution in [0.5, 0.6) is 0 Å². The van der Waals surface area contributed by atoms with Crippen molar-refractivity contribution in [2.24, 2.45) is 12.2 Å². The molecule has 3 rings (SSSR count). The van der Waals surface area contributed by atoms with Crippen LogP contribution in [0.15, 0.2) is 58.6 Å². The minimum Gasteiger partial charge on any atom is -0.325 e. The summed E-state index contributed by atoms with van der Waals surface area (Å²) in [5, 5.41) is 15.7. The van der Waals surface area contributed by atoms with Crippen molar-refractivity contribution < 1.29 is 17.6 Å². The van der Waals surface area contributed by atoms with E-state index in [1.165, 1.54) is 42.1 Å². The minimum atomic E-state index is -3.80. The number of thioether (sulfide) groups is 1. The number of rotatable bonds is 6. The quantitative estimate of drug-likeness (QED) is 0.574. The average molecular weight is 436 g/mol. The molecular weight excluding hydrogens is 417 g/mol. The Kier molecular flexibility index (Phi) is 6.01. The van der Waals surface area contributed by atoms with Crippen LogP contribution >= 0.6 is 11.8 Å². The molecule has 0 bridgehead atoms. The molecule has 0 aliphatic carbocycles. The molecule has 29 heavy (non-hydrogen) atoms. The molecule has 0 saturated heterocycles. The molecule has 0 spiro atoms. The van der Waals surface area contributed by atoms with Gasteiger partial charge < -0.3 is 9.88 Å². The molecule has 1 atom stereocenters. The van der Waals surface area contributed by atoms with E-state index in [-0.39, 0.29) is 10.8 Å². The van der Waals surface area contributed by atoms with Gasteiger partial charge in [0.2, 0.25) is 15.9 Å². The monoisotopic (exact) mass is 435 g/mol. The zero-order valence-electron chi connectivity index (χ0n) is 15.5. The lowest BCUT2D eigenvalue weighted by Crippen LogP contribution is -2.23. The summed E-state index contributed by atoms with van der Waals surface area (Å²) >= 11 is 1.17. The molecule has 8 nitrogen and oxygen atoms in total. The number of amides is 1. The number of primary sulfonamides is 1. The molecule has 11 heteroatoms. The van der Waals surface area contributed by atoms with Crippen molar-refractivity contribution in [2.45, 2.75) is 22.2 Å². The summed E-state index contributed by atoms with van der Waals surface area (Å²) < 4.78 is 38.2. The van der Waals surface area contributed by atoms with Gasteiger partial charge in [-0.05, 0) is 43.3 Å². The predicted molar refractivity (Wildman–Crippen MR) is 108 cm³/mol. The van der Waals surface area contributed by atoms with Gasteiger partial charge in [-0.2, -0.15) is 0 Å². The molecule has 1 amide bonds. The molecule has 2 aromatic carbocycles. The molecule has 3 aromatic rings. The number of hydrogen-bond donors (Lipinski definition) is 2. The Morgan fingerprint density at radius 3 is 2.45 bits per heavy atom. The summed E-state index contributed by atoms with van der Waals surface area (Å²) in [6.45, 7) is 1.69. The van der Waals surface area contributed by atoms with Crippen molar-refractivity contribution in [3.8, 4) is 11.4 Å². The fourth-order valence-corrected chi connectivity index (χ4v) is 3.81. The first kappa shape index (κ1) is 21.0. The third-order valence-corrected chi connectivity index (χ3v) is 6.11. The smallest absolute Gasteiger partial charge is 0.238 e. The summed E-state index contributed by atoms with van der Waals surface area (Å²) in [6.07, 6.45) is 0. The van der Waals surface area contributed by atoms with Crippen molar-refractivity contribution >= 4 is 33.4 Å². The highest BCUT2D eigenvalue weighted by molar-refractivity contribution is 8.00. The number of carbonyl (C=O) groups excluding carboxylic acids is 1. The summed E-state index contributed by atoms with van der Waals surface area (Å²) in [5.74, 6) is -0.362. The molecule has 0 unspecified atom stereocenters. The van der Waals surface area contributed by atoms with Gasteiger partial charge in [-0.25, -0.2) is 17.9 Å². The second-order valence-corrected chi connectivity index (χ2v) is 9.03. The summed E-state index contributed by atoms with van der Waals surface area (Å²) in [6, 6.07) is 11.8. The first-order valence-corrected chi connectivity index (χ1v) is 10.8. The van der Waals surface area contributed by atoms with Crippen LogP contribution in [0.3, 0.4) is 0 Å². The Hall–Kier alpha value is -2.76. The van der Waals surface area contributed by atoms with Gasteiger partial charge in [0, 0.05) is 12.7 Å². The Bertz CT molecular complexity index is 1150. The van der Waals surface area contributed by atoms with Crippen LogP contribution in [0, 0.1) is 5.82 Å². The number of nitrogens with zero attached hydrogens (tertiary/aromatic N) is 3. The predicted octanol–water partition coefficient (Wildman–Crippen LogP) is 2.39. The number of benzene rings is 2. The normalized spacial score (nSPS) is 12.6. The second-order valence-electron chi connectivity index (χ2n) is 6.16. The zero-order valence-corrected chi connectivity index (χ0v) is 17.2. The first-order valence-electron chi connectivity index (χ1n) is 8.41. The average Bonchev–Trinajstić information content (AvgIpc) is 3.02. The van der Waals surface area contributed by atoms with Crippen molar-refractivity contribution in [3.05, 3.63) is 54.3 Å². The van der Waals surface area contributed by atoms with E-state index in [0.717, 1.165) is 0 Å². The fourth-order valence-electron chi connectivity index (χ4n) is 2.48. The van der Waals surface area contributed by atoms with Crippen LogP contribution in [0.4, 0.5) is 10.1 Å². The van der Waals surface area contributed by atoms with E-state index < -0.39 is 21.1 Å². The number of nitrogens with one attached hydrogen (secondary N) is 1. The summed E-state index contributed by atoms with van der Waals surface area (Å²) in [4.78, 5) is 12.4. The van der Waals surface area contributed by atoms with Crippen molar-refractivity contribution in [1.29, 1.82) is 0 Å². The zero-order chi connectivity index (χ0) is 21.2. The van der Waals surface area contributed by atoms with E-state index in [0.29, 0.717) is 22.2 Å². The number of halogens is 1. The number of aromatic nitrogens is 3. The highest BCUT2D eigenvalue weighted by Gasteiger charge is 2.20. The van der Waals surface area contributed by atoms with E-state index >= 15 is 0 Å². The van der Waals surface area contributed by atoms with Crippen molar-refractivity contribution in [3.63, 3.8) is 0 Å². The highest BCUT2D eigenvalue weighted by atomic mass is 32.2. The maximum Gasteiger partial charge on any atom is 0.238 e. The molecule has 0 fully saturated rings. The van der Waals surface area contributed by atoms with Gasteiger partial charge in [0.05, 0.1) is 15.7 Å². The number of anilines is 1. The van der Waals surface area contributed by atoms with Gasteiger partial charge in [0.25, 0.3) is 0 Å². The molecule has 0 saturated carbocycles. The highest BCUT2D eigenvalue weighted by Crippen LogP contribution is 2.27. The topological polar surface area (TPSA) is 120 Å². The lowest BCUT2D eigenvalue weighted by atomic mass is 10.2. The van der Waals surface area contributed by atoms with E-state index in [1.54, 1.807) is 36.7 Å². The largest absolute Gasteiger partial charge is 0.325 e. The molecule has 1 aromatic heterocycles. The Morgan fingerprint density at radius 2 is 1.83 bits per heavy atom. The Labute approximate surface area is 171 Å². The molecule has 0 aliphatic heterocycles. The third-order valence-electron chi connectivity index (χ3n) is 4.05. The van der Waals surface area contributed by atoms with Crippen LogP contribution in [0.25, 0.3) is 11.4 Å². The molecule has 3 N–H and O–H groups in total. The lowest BCUT2D eigenvalue weighted by molar-refractivity contribution is -0.115. The fraction of sp³-hybridized carbons (Fsp3) is 0.167. The van der Waals surface area contributed by atoms with Gasteiger partial charge in [-0.3, -0.25) is 4.79 Å². The SMILES string of the molecule is C[C@H](Sc1nnc(-c2ccccc2F)n1C)C(=O)Nc1ccc(S(N)(=O)=O)cc1. The second kappa shape index (κ2) is 8.31. The standard InChI is InChI=1S/C18H18FN5O3S2/c1-11(17(25)21-12-7-9-13(10-8-12)29(20,26)27)28-18-23-22-16(24(18)2)14-5-3-4-6-15(14)19/h3-11H,1-2H3,(H,21,25)(H2,20,26,27)/t11-/m0/s1. The lowest BCUT2D eigenvalue weighted by Gasteiger charge is -2.12. The molecular formula is C18H18FN5O3S2. The molecule has 0 aliphatic rings. The van der Waals surface area contributed by atoms with Crippen molar-refractivity contribution in [2.75, 3.05) is 5.32 Å². The van der Waals surface area contributed by atoms with E-state index in [9.17, 15) is 17.6 Å². The van der Waals surface area contributed by atoms with Gasteiger partial charge >= 0.3 is 0 Å². The maximum atomic E-state index is 14.0. The first-order chi connectivity index (χ1) is 13.7. The Balaban J connectivity index is 1.70. The van der Waals surface area contributed by atoms with E-state index in [1.807, 2.05) is 0 Å². The van der Waals surface area contributed by atoms with Gasteiger partial charge in [0.15, 0.2) is 11.0 Å². The molecule has 1 heterocycles. The van der Waals surface area contributed by atoms with Crippen LogP contribution in [0.2, 0.25) is 0 Å². The van der Waals surface area contributed by atoms with E-state index in [4.69, 9.17) is 5.14 Å². The van der Waals surface area contributed by atoms with Crippen LogP contribution in [-0.2, 0) is 21.9 Å². The summed E-state index contributed by atoms with van der Waals surface area (Å²) in [5.41, 5.74) is 0.751. The third kappa shape index (κ3) is 4.81. The van der Waals surface area contributed by atoms with Gasteiger partial charge in [-0.1, -0.05) is 23.9 Å². The van der Waals surface area contributed by atoms with E-state index in [2.05, 4.69) is 15.5 Å². The molecule has 0 radical (unpaired) electrons.